The van der Waals surface area contributed by atoms with Crippen LogP contribution in [0.4, 0.5) is 5.69 Å². The van der Waals surface area contributed by atoms with Crippen LogP contribution in [0.3, 0.4) is 0 Å². The van der Waals surface area contributed by atoms with Crippen LogP contribution in [0.5, 0.6) is 5.75 Å². The largest absolute Gasteiger partial charge is 0.496 e. The zero-order valence-corrected chi connectivity index (χ0v) is 12.3. The molecule has 0 saturated carbocycles. The normalized spacial score (nSPS) is 10.3. The smallest absolute Gasteiger partial charge is 0.255 e. The van der Waals surface area contributed by atoms with E-state index in [4.69, 9.17) is 10.5 Å². The molecule has 0 aliphatic carbocycles. The number of benzene rings is 1. The highest BCUT2D eigenvalue weighted by molar-refractivity contribution is 7.11. The summed E-state index contributed by atoms with van der Waals surface area (Å²) in [7, 11) is 1.52. The van der Waals surface area contributed by atoms with Crippen LogP contribution in [-0.2, 0) is 13.0 Å². The molecule has 6 heteroatoms. The van der Waals surface area contributed by atoms with E-state index in [0.717, 1.165) is 11.4 Å². The summed E-state index contributed by atoms with van der Waals surface area (Å²) in [6, 6.07) is 4.99. The molecular formula is C14H17N3O2S. The summed E-state index contributed by atoms with van der Waals surface area (Å²) < 4.78 is 5.17. The van der Waals surface area contributed by atoms with Crippen molar-refractivity contribution in [1.29, 1.82) is 0 Å². The van der Waals surface area contributed by atoms with Gasteiger partial charge in [0.25, 0.3) is 5.91 Å². The fourth-order valence-corrected chi connectivity index (χ4v) is 2.55. The molecule has 0 radical (unpaired) electrons. The third kappa shape index (κ3) is 3.27. The number of anilines is 1. The standard InChI is InChI=1S/C14H17N3O2S/c1-3-10-7-16-13(20-10)8-17-14(18)11-6-9(15)4-5-12(11)19-2/h4-7H,3,8,15H2,1-2H3,(H,17,18). The van der Waals surface area contributed by atoms with Crippen LogP contribution in [0, 0.1) is 0 Å². The third-order valence-electron chi connectivity index (χ3n) is 2.82. The first-order valence-corrected chi connectivity index (χ1v) is 7.11. The minimum absolute atomic E-state index is 0.220. The van der Waals surface area contributed by atoms with Gasteiger partial charge < -0.3 is 15.8 Å². The molecule has 106 valence electrons. The summed E-state index contributed by atoms with van der Waals surface area (Å²) in [6.07, 6.45) is 2.79. The Morgan fingerprint density at radius 1 is 1.50 bits per heavy atom. The highest BCUT2D eigenvalue weighted by Gasteiger charge is 2.13. The van der Waals surface area contributed by atoms with Crippen LogP contribution in [0.15, 0.2) is 24.4 Å². The van der Waals surface area contributed by atoms with Gasteiger partial charge in [0.05, 0.1) is 19.2 Å². The fraction of sp³-hybridized carbons (Fsp3) is 0.286. The minimum atomic E-state index is -0.220. The Hall–Kier alpha value is -2.08. The van der Waals surface area contributed by atoms with Crippen LogP contribution >= 0.6 is 11.3 Å². The summed E-state index contributed by atoms with van der Waals surface area (Å²) in [6.45, 7) is 2.48. The summed E-state index contributed by atoms with van der Waals surface area (Å²) in [4.78, 5) is 17.6. The lowest BCUT2D eigenvalue weighted by molar-refractivity contribution is 0.0948. The van der Waals surface area contributed by atoms with E-state index in [1.165, 1.54) is 12.0 Å². The molecule has 2 aromatic rings. The Kier molecular flexibility index (Phi) is 4.57. The maximum Gasteiger partial charge on any atom is 0.255 e. The van der Waals surface area contributed by atoms with Gasteiger partial charge in [-0.2, -0.15) is 0 Å². The van der Waals surface area contributed by atoms with Crippen molar-refractivity contribution in [1.82, 2.24) is 10.3 Å². The minimum Gasteiger partial charge on any atom is -0.496 e. The highest BCUT2D eigenvalue weighted by Crippen LogP contribution is 2.21. The molecule has 3 N–H and O–H groups in total. The van der Waals surface area contributed by atoms with Gasteiger partial charge in [-0.25, -0.2) is 4.98 Å². The average Bonchev–Trinajstić information content (AvgIpc) is 2.92. The summed E-state index contributed by atoms with van der Waals surface area (Å²) in [5.74, 6) is 0.285. The molecule has 1 amide bonds. The van der Waals surface area contributed by atoms with Crippen molar-refractivity contribution in [3.63, 3.8) is 0 Å². The Morgan fingerprint density at radius 3 is 2.95 bits per heavy atom. The van der Waals surface area contributed by atoms with Gasteiger partial charge in [0.15, 0.2) is 0 Å². The van der Waals surface area contributed by atoms with E-state index in [2.05, 4.69) is 17.2 Å². The molecular weight excluding hydrogens is 274 g/mol. The number of aryl methyl sites for hydroxylation is 1. The third-order valence-corrected chi connectivity index (χ3v) is 3.96. The van der Waals surface area contributed by atoms with Gasteiger partial charge in [-0.05, 0) is 24.6 Å². The van der Waals surface area contributed by atoms with Gasteiger partial charge in [-0.1, -0.05) is 6.92 Å². The van der Waals surface area contributed by atoms with Crippen molar-refractivity contribution < 1.29 is 9.53 Å². The lowest BCUT2D eigenvalue weighted by Crippen LogP contribution is -2.23. The molecule has 2 rings (SSSR count). The first kappa shape index (κ1) is 14.3. The zero-order chi connectivity index (χ0) is 14.5. The van der Waals surface area contributed by atoms with E-state index in [1.54, 1.807) is 29.5 Å². The van der Waals surface area contributed by atoms with Crippen molar-refractivity contribution in [2.24, 2.45) is 0 Å². The second-order valence-corrected chi connectivity index (χ2v) is 5.42. The van der Waals surface area contributed by atoms with Gasteiger partial charge in [0.1, 0.15) is 10.8 Å². The van der Waals surface area contributed by atoms with Crippen LogP contribution in [0.25, 0.3) is 0 Å². The second kappa shape index (κ2) is 6.38. The van der Waals surface area contributed by atoms with Crippen LogP contribution in [0.1, 0.15) is 27.2 Å². The van der Waals surface area contributed by atoms with E-state index in [-0.39, 0.29) is 5.91 Å². The van der Waals surface area contributed by atoms with Crippen LogP contribution < -0.4 is 15.8 Å². The first-order chi connectivity index (χ1) is 9.63. The van der Waals surface area contributed by atoms with E-state index in [0.29, 0.717) is 23.5 Å². The van der Waals surface area contributed by atoms with Gasteiger partial charge in [0.2, 0.25) is 0 Å². The highest BCUT2D eigenvalue weighted by atomic mass is 32.1. The SMILES string of the molecule is CCc1cnc(CNC(=O)c2cc(N)ccc2OC)s1. The number of thiazole rings is 1. The number of hydrogen-bond acceptors (Lipinski definition) is 5. The summed E-state index contributed by atoms with van der Waals surface area (Å²) >= 11 is 1.60. The fourth-order valence-electron chi connectivity index (χ4n) is 1.75. The number of nitrogens with two attached hydrogens (primary N) is 1. The Bertz CT molecular complexity index is 610. The molecule has 0 spiro atoms. The predicted molar refractivity (Wildman–Crippen MR) is 80.1 cm³/mol. The molecule has 1 aromatic heterocycles. The Labute approximate surface area is 121 Å². The zero-order valence-electron chi connectivity index (χ0n) is 11.5. The molecule has 0 atom stereocenters. The molecule has 1 heterocycles. The number of hydrogen-bond donors (Lipinski definition) is 2. The van der Waals surface area contributed by atoms with Gasteiger partial charge in [-0.15, -0.1) is 11.3 Å². The van der Waals surface area contributed by atoms with Crippen molar-refractivity contribution in [2.75, 3.05) is 12.8 Å². The maximum absolute atomic E-state index is 12.2. The van der Waals surface area contributed by atoms with E-state index in [9.17, 15) is 4.79 Å². The van der Waals surface area contributed by atoms with E-state index < -0.39 is 0 Å². The van der Waals surface area contributed by atoms with Crippen molar-refractivity contribution >= 4 is 22.9 Å². The molecule has 0 saturated heterocycles. The Balaban J connectivity index is 2.06. The lowest BCUT2D eigenvalue weighted by Gasteiger charge is -2.09. The molecule has 5 nitrogen and oxygen atoms in total. The molecule has 0 fully saturated rings. The van der Waals surface area contributed by atoms with Crippen LogP contribution in [-0.4, -0.2) is 18.0 Å². The van der Waals surface area contributed by atoms with Crippen molar-refractivity contribution in [3.8, 4) is 5.75 Å². The average molecular weight is 291 g/mol. The number of ether oxygens (including phenoxy) is 1. The molecule has 0 aliphatic heterocycles. The molecule has 0 bridgehead atoms. The van der Waals surface area contributed by atoms with Gasteiger partial charge >= 0.3 is 0 Å². The van der Waals surface area contributed by atoms with Crippen molar-refractivity contribution in [3.05, 3.63) is 39.8 Å². The summed E-state index contributed by atoms with van der Waals surface area (Å²) in [5, 5.41) is 3.72. The maximum atomic E-state index is 12.2. The molecule has 0 aliphatic rings. The number of methoxy groups -OCH3 is 1. The first-order valence-electron chi connectivity index (χ1n) is 6.29. The predicted octanol–water partition coefficient (Wildman–Crippen LogP) is 2.23. The monoisotopic (exact) mass is 291 g/mol. The number of carbonyl (C=O) groups excluding carboxylic acids is 1. The van der Waals surface area contributed by atoms with E-state index >= 15 is 0 Å². The lowest BCUT2D eigenvalue weighted by atomic mass is 10.1. The number of rotatable bonds is 5. The molecule has 1 aromatic carbocycles. The molecule has 0 unspecified atom stereocenters. The topological polar surface area (TPSA) is 77.2 Å². The van der Waals surface area contributed by atoms with Gasteiger partial charge in [0, 0.05) is 16.8 Å². The molecule has 20 heavy (non-hydrogen) atoms. The Morgan fingerprint density at radius 2 is 2.30 bits per heavy atom. The number of nitrogens with zero attached hydrogens (tertiary/aromatic N) is 1. The second-order valence-electron chi connectivity index (χ2n) is 4.22. The number of amides is 1. The van der Waals surface area contributed by atoms with Crippen LogP contribution in [0.2, 0.25) is 0 Å². The quantitative estimate of drug-likeness (QED) is 0.828. The number of nitrogen functional groups attached to an aromatic ring is 1. The number of carbonyl (C=O) groups is 1. The number of aromatic nitrogens is 1. The van der Waals surface area contributed by atoms with E-state index in [1.807, 2.05) is 6.20 Å². The number of nitrogens with one attached hydrogen (secondary N) is 1. The van der Waals surface area contributed by atoms with Crippen molar-refractivity contribution in [2.45, 2.75) is 19.9 Å². The van der Waals surface area contributed by atoms with Gasteiger partial charge in [-0.3, -0.25) is 4.79 Å². The summed E-state index contributed by atoms with van der Waals surface area (Å²) in [5.41, 5.74) is 6.66.